The van der Waals surface area contributed by atoms with Crippen LogP contribution in [0.5, 0.6) is 0 Å². The van der Waals surface area contributed by atoms with Gasteiger partial charge in [0.2, 0.25) is 0 Å². The van der Waals surface area contributed by atoms with Gasteiger partial charge >= 0.3 is 0 Å². The van der Waals surface area contributed by atoms with Gasteiger partial charge in [-0.2, -0.15) is 0 Å². The fourth-order valence-corrected chi connectivity index (χ4v) is 2.26. The monoisotopic (exact) mass is 257 g/mol. The molecule has 0 aliphatic heterocycles. The molecule has 1 heterocycles. The molecule has 2 heteroatoms. The van der Waals surface area contributed by atoms with Crippen molar-refractivity contribution < 1.29 is 4.42 Å². The molecule has 1 aromatic carbocycles. The normalized spacial score (nSPS) is 12.6. The second-order valence-corrected chi connectivity index (χ2v) is 4.96. The molecule has 1 N–H and O–H groups in total. The molecular formula is C17H23NO. The van der Waals surface area contributed by atoms with Crippen molar-refractivity contribution in [2.75, 3.05) is 6.54 Å². The van der Waals surface area contributed by atoms with Crippen molar-refractivity contribution in [2.24, 2.45) is 0 Å². The Morgan fingerprint density at radius 3 is 2.63 bits per heavy atom. The quantitative estimate of drug-likeness (QED) is 0.837. The smallest absolute Gasteiger partial charge is 0.125 e. The summed E-state index contributed by atoms with van der Waals surface area (Å²) >= 11 is 0. The van der Waals surface area contributed by atoms with E-state index < -0.39 is 0 Å². The van der Waals surface area contributed by atoms with Gasteiger partial charge in [-0.1, -0.05) is 43.7 Å². The summed E-state index contributed by atoms with van der Waals surface area (Å²) in [4.78, 5) is 0. The van der Waals surface area contributed by atoms with E-state index in [1.807, 2.05) is 0 Å². The van der Waals surface area contributed by atoms with Crippen LogP contribution in [0.3, 0.4) is 0 Å². The van der Waals surface area contributed by atoms with Gasteiger partial charge in [-0.15, -0.1) is 0 Å². The molecule has 2 rings (SSSR count). The number of hydrogen-bond donors (Lipinski definition) is 1. The molecule has 0 saturated carbocycles. The molecule has 102 valence electrons. The zero-order valence-electron chi connectivity index (χ0n) is 12.1. The fourth-order valence-electron chi connectivity index (χ4n) is 2.26. The van der Waals surface area contributed by atoms with Gasteiger partial charge in [0.05, 0.1) is 6.04 Å². The van der Waals surface area contributed by atoms with Gasteiger partial charge in [-0.25, -0.2) is 0 Å². The van der Waals surface area contributed by atoms with Gasteiger partial charge < -0.3 is 9.73 Å². The molecule has 2 aromatic rings. The second kappa shape index (κ2) is 6.58. The molecule has 0 spiro atoms. The number of rotatable bonds is 6. The molecule has 0 bridgehead atoms. The summed E-state index contributed by atoms with van der Waals surface area (Å²) in [6.45, 7) is 7.41. The van der Waals surface area contributed by atoms with Crippen LogP contribution in [-0.2, 0) is 6.42 Å². The zero-order valence-corrected chi connectivity index (χ0v) is 12.1. The third kappa shape index (κ3) is 3.48. The first-order valence-corrected chi connectivity index (χ1v) is 7.13. The molecule has 0 aliphatic rings. The van der Waals surface area contributed by atoms with E-state index in [1.54, 1.807) is 0 Å². The lowest BCUT2D eigenvalue weighted by molar-refractivity contribution is 0.422. The molecule has 0 amide bonds. The highest BCUT2D eigenvalue weighted by Gasteiger charge is 2.17. The predicted octanol–water partition coefficient (Wildman–Crippen LogP) is 4.24. The van der Waals surface area contributed by atoms with Crippen molar-refractivity contribution in [1.82, 2.24) is 5.32 Å². The van der Waals surface area contributed by atoms with E-state index in [1.165, 1.54) is 11.1 Å². The summed E-state index contributed by atoms with van der Waals surface area (Å²) in [6, 6.07) is 12.9. The minimum absolute atomic E-state index is 0.153. The summed E-state index contributed by atoms with van der Waals surface area (Å²) in [5, 5.41) is 3.57. The number of benzene rings is 1. The highest BCUT2D eigenvalue weighted by atomic mass is 16.3. The van der Waals surface area contributed by atoms with E-state index in [0.717, 1.165) is 30.9 Å². The Kier molecular flexibility index (Phi) is 4.80. The van der Waals surface area contributed by atoms with Crippen molar-refractivity contribution in [3.8, 4) is 0 Å². The molecule has 0 saturated heterocycles. The molecule has 0 fully saturated rings. The van der Waals surface area contributed by atoms with Crippen LogP contribution < -0.4 is 5.32 Å². The van der Waals surface area contributed by atoms with Gasteiger partial charge in [0.25, 0.3) is 0 Å². The molecule has 0 radical (unpaired) electrons. The summed E-state index contributed by atoms with van der Waals surface area (Å²) in [5.74, 6) is 2.06. The number of aryl methyl sites for hydroxylation is 2. The van der Waals surface area contributed by atoms with Gasteiger partial charge in [0.1, 0.15) is 11.5 Å². The number of nitrogens with one attached hydrogen (secondary N) is 1. The highest BCUT2D eigenvalue weighted by molar-refractivity contribution is 5.30. The van der Waals surface area contributed by atoms with Crippen LogP contribution in [0.15, 0.2) is 40.8 Å². The maximum atomic E-state index is 5.92. The summed E-state index contributed by atoms with van der Waals surface area (Å²) < 4.78 is 5.92. The summed E-state index contributed by atoms with van der Waals surface area (Å²) in [5.41, 5.74) is 2.55. The van der Waals surface area contributed by atoms with Crippen molar-refractivity contribution in [3.05, 3.63) is 59.0 Å². The number of hydrogen-bond acceptors (Lipinski definition) is 2. The fraction of sp³-hybridized carbons (Fsp3) is 0.412. The Hall–Kier alpha value is -1.54. The third-order valence-corrected chi connectivity index (χ3v) is 3.29. The Morgan fingerprint density at radius 1 is 1.16 bits per heavy atom. The van der Waals surface area contributed by atoms with E-state index in [0.29, 0.717) is 0 Å². The van der Waals surface area contributed by atoms with E-state index in [4.69, 9.17) is 4.42 Å². The van der Waals surface area contributed by atoms with E-state index >= 15 is 0 Å². The average Bonchev–Trinajstić information content (AvgIpc) is 2.88. The molecule has 19 heavy (non-hydrogen) atoms. The van der Waals surface area contributed by atoms with Gasteiger partial charge in [0.15, 0.2) is 0 Å². The van der Waals surface area contributed by atoms with Gasteiger partial charge in [-0.3, -0.25) is 0 Å². The van der Waals surface area contributed by atoms with Crippen LogP contribution in [0.1, 0.15) is 49.0 Å². The molecule has 2 nitrogen and oxygen atoms in total. The molecule has 1 aromatic heterocycles. The van der Waals surface area contributed by atoms with Crippen LogP contribution in [-0.4, -0.2) is 6.54 Å². The largest absolute Gasteiger partial charge is 0.464 e. The Balaban J connectivity index is 2.29. The Labute approximate surface area is 115 Å². The van der Waals surface area contributed by atoms with Gasteiger partial charge in [0, 0.05) is 6.42 Å². The SMILES string of the molecule is CCCNC(c1cccc(C)c1)c1ccc(CC)o1. The minimum atomic E-state index is 0.153. The Morgan fingerprint density at radius 2 is 2.00 bits per heavy atom. The summed E-state index contributed by atoms with van der Waals surface area (Å²) in [6.07, 6.45) is 2.05. The minimum Gasteiger partial charge on any atom is -0.464 e. The first-order valence-electron chi connectivity index (χ1n) is 7.13. The Bertz CT molecular complexity index is 515. The lowest BCUT2D eigenvalue weighted by atomic mass is 10.0. The summed E-state index contributed by atoms with van der Waals surface area (Å²) in [7, 11) is 0. The zero-order chi connectivity index (χ0) is 13.7. The van der Waals surface area contributed by atoms with E-state index in [-0.39, 0.29) is 6.04 Å². The maximum absolute atomic E-state index is 5.92. The highest BCUT2D eigenvalue weighted by Crippen LogP contribution is 2.25. The average molecular weight is 257 g/mol. The number of furan rings is 1. The van der Waals surface area contributed by atoms with Crippen molar-refractivity contribution >= 4 is 0 Å². The third-order valence-electron chi connectivity index (χ3n) is 3.29. The first-order chi connectivity index (χ1) is 9.24. The van der Waals surface area contributed by atoms with Crippen LogP contribution in [0.25, 0.3) is 0 Å². The molecular weight excluding hydrogens is 234 g/mol. The van der Waals surface area contributed by atoms with Gasteiger partial charge in [-0.05, 0) is 37.6 Å². The topological polar surface area (TPSA) is 25.2 Å². The molecule has 1 atom stereocenters. The molecule has 1 unspecified atom stereocenters. The van der Waals surface area contributed by atoms with E-state index in [2.05, 4.69) is 62.5 Å². The lowest BCUT2D eigenvalue weighted by Crippen LogP contribution is -2.22. The lowest BCUT2D eigenvalue weighted by Gasteiger charge is -2.17. The van der Waals surface area contributed by atoms with Crippen molar-refractivity contribution in [1.29, 1.82) is 0 Å². The van der Waals surface area contributed by atoms with Crippen LogP contribution in [0.2, 0.25) is 0 Å². The van der Waals surface area contributed by atoms with Crippen LogP contribution in [0.4, 0.5) is 0 Å². The molecule has 0 aliphatic carbocycles. The van der Waals surface area contributed by atoms with E-state index in [9.17, 15) is 0 Å². The van der Waals surface area contributed by atoms with Crippen molar-refractivity contribution in [2.45, 2.75) is 39.7 Å². The standard InChI is InChI=1S/C17H23NO/c1-4-11-18-17(14-8-6-7-13(3)12-14)16-10-9-15(5-2)19-16/h6-10,12,17-18H,4-5,11H2,1-3H3. The second-order valence-electron chi connectivity index (χ2n) is 4.96. The van der Waals surface area contributed by atoms with Crippen LogP contribution >= 0.6 is 0 Å². The van der Waals surface area contributed by atoms with Crippen molar-refractivity contribution in [3.63, 3.8) is 0 Å². The first kappa shape index (κ1) is 13.9. The van der Waals surface area contributed by atoms with Crippen LogP contribution in [0, 0.1) is 6.92 Å². The predicted molar refractivity (Wildman–Crippen MR) is 79.4 cm³/mol. The maximum Gasteiger partial charge on any atom is 0.125 e.